The van der Waals surface area contributed by atoms with E-state index in [1.807, 2.05) is 0 Å². The predicted molar refractivity (Wildman–Crippen MR) is 85.2 cm³/mol. The van der Waals surface area contributed by atoms with Crippen molar-refractivity contribution in [2.24, 2.45) is 5.92 Å². The fourth-order valence-corrected chi connectivity index (χ4v) is 3.32. The Kier molecular flexibility index (Phi) is 8.81. The van der Waals surface area contributed by atoms with Crippen molar-refractivity contribution in [3.63, 3.8) is 0 Å². The van der Waals surface area contributed by atoms with Gasteiger partial charge in [-0.15, -0.1) is 11.3 Å². The summed E-state index contributed by atoms with van der Waals surface area (Å²) in [7, 11) is 0. The lowest BCUT2D eigenvalue weighted by Gasteiger charge is -2.15. The van der Waals surface area contributed by atoms with Crippen LogP contribution in [0.2, 0.25) is 0 Å². The predicted octanol–water partition coefficient (Wildman–Crippen LogP) is 5.88. The Morgan fingerprint density at radius 2 is 1.84 bits per heavy atom. The summed E-state index contributed by atoms with van der Waals surface area (Å²) in [5, 5.41) is 2.16. The molecule has 1 heterocycles. The van der Waals surface area contributed by atoms with Gasteiger partial charge in [0.05, 0.1) is 4.88 Å². The van der Waals surface area contributed by atoms with Gasteiger partial charge in [0.2, 0.25) is 0 Å². The quantitative estimate of drug-likeness (QED) is 0.365. The molecule has 1 unspecified atom stereocenters. The van der Waals surface area contributed by atoms with Crippen molar-refractivity contribution in [1.82, 2.24) is 0 Å². The van der Waals surface area contributed by atoms with Crippen LogP contribution in [0.1, 0.15) is 80.4 Å². The Labute approximate surface area is 122 Å². The Bertz CT molecular complexity index is 343. The molecule has 1 rings (SSSR count). The number of aldehydes is 1. The SMILES string of the molecule is CCCCCCC(CCCC)Cc1csc(C=O)c1. The minimum atomic E-state index is 0.811. The largest absolute Gasteiger partial charge is 0.297 e. The molecule has 1 aromatic heterocycles. The fraction of sp³-hybridized carbons (Fsp3) is 0.706. The van der Waals surface area contributed by atoms with E-state index in [1.165, 1.54) is 56.9 Å². The normalized spacial score (nSPS) is 12.5. The minimum absolute atomic E-state index is 0.811. The van der Waals surface area contributed by atoms with Gasteiger partial charge in [0, 0.05) is 0 Å². The van der Waals surface area contributed by atoms with Crippen LogP contribution >= 0.6 is 11.3 Å². The maximum absolute atomic E-state index is 10.7. The van der Waals surface area contributed by atoms with E-state index in [0.29, 0.717) is 0 Å². The summed E-state index contributed by atoms with van der Waals surface area (Å²) in [6.07, 6.45) is 12.9. The second kappa shape index (κ2) is 10.2. The third kappa shape index (κ3) is 6.91. The van der Waals surface area contributed by atoms with Crippen LogP contribution in [-0.4, -0.2) is 6.29 Å². The molecule has 108 valence electrons. The van der Waals surface area contributed by atoms with E-state index in [-0.39, 0.29) is 0 Å². The van der Waals surface area contributed by atoms with Crippen LogP contribution in [0.3, 0.4) is 0 Å². The molecule has 0 saturated carbocycles. The monoisotopic (exact) mass is 280 g/mol. The Morgan fingerprint density at radius 1 is 1.11 bits per heavy atom. The molecule has 19 heavy (non-hydrogen) atoms. The first-order valence-corrected chi connectivity index (χ1v) is 8.70. The molecule has 0 radical (unpaired) electrons. The van der Waals surface area contributed by atoms with Crippen molar-refractivity contribution in [1.29, 1.82) is 0 Å². The van der Waals surface area contributed by atoms with Crippen molar-refractivity contribution in [2.45, 2.75) is 71.6 Å². The summed E-state index contributed by atoms with van der Waals surface area (Å²) >= 11 is 1.58. The van der Waals surface area contributed by atoms with Crippen LogP contribution in [-0.2, 0) is 6.42 Å². The molecule has 0 saturated heterocycles. The molecule has 1 nitrogen and oxygen atoms in total. The standard InChI is InChI=1S/C17H28OS/c1-3-5-7-8-10-15(9-6-4-2)11-16-12-17(13-18)19-14-16/h12-15H,3-11H2,1-2H3. The molecule has 0 aromatic carbocycles. The Balaban J connectivity index is 2.40. The number of hydrogen-bond acceptors (Lipinski definition) is 2. The number of unbranched alkanes of at least 4 members (excludes halogenated alkanes) is 4. The second-order valence-electron chi connectivity index (χ2n) is 5.54. The topological polar surface area (TPSA) is 17.1 Å². The zero-order valence-electron chi connectivity index (χ0n) is 12.5. The first-order chi connectivity index (χ1) is 9.30. The molecule has 0 aliphatic heterocycles. The van der Waals surface area contributed by atoms with Gasteiger partial charge < -0.3 is 0 Å². The molecular weight excluding hydrogens is 252 g/mol. The van der Waals surface area contributed by atoms with E-state index >= 15 is 0 Å². The van der Waals surface area contributed by atoms with Gasteiger partial charge in [-0.2, -0.15) is 0 Å². The Morgan fingerprint density at radius 3 is 2.47 bits per heavy atom. The van der Waals surface area contributed by atoms with E-state index in [9.17, 15) is 4.79 Å². The summed E-state index contributed by atoms with van der Waals surface area (Å²) in [4.78, 5) is 11.6. The number of carbonyl (C=O) groups excluding carboxylic acids is 1. The van der Waals surface area contributed by atoms with Gasteiger partial charge in [0.25, 0.3) is 0 Å². The van der Waals surface area contributed by atoms with Crippen LogP contribution < -0.4 is 0 Å². The van der Waals surface area contributed by atoms with E-state index in [4.69, 9.17) is 0 Å². The lowest BCUT2D eigenvalue weighted by Crippen LogP contribution is -2.04. The van der Waals surface area contributed by atoms with Crippen molar-refractivity contribution in [3.8, 4) is 0 Å². The molecule has 0 bridgehead atoms. The molecule has 1 aromatic rings. The summed E-state index contributed by atoms with van der Waals surface area (Å²) in [5.41, 5.74) is 1.36. The molecule has 1 atom stereocenters. The van der Waals surface area contributed by atoms with E-state index < -0.39 is 0 Å². The van der Waals surface area contributed by atoms with Crippen molar-refractivity contribution in [2.75, 3.05) is 0 Å². The van der Waals surface area contributed by atoms with Gasteiger partial charge in [0.1, 0.15) is 0 Å². The van der Waals surface area contributed by atoms with Crippen LogP contribution in [0.15, 0.2) is 11.4 Å². The van der Waals surface area contributed by atoms with Crippen LogP contribution in [0.25, 0.3) is 0 Å². The highest BCUT2D eigenvalue weighted by molar-refractivity contribution is 7.11. The molecule has 0 aliphatic rings. The molecule has 0 spiro atoms. The van der Waals surface area contributed by atoms with Crippen LogP contribution in [0.5, 0.6) is 0 Å². The maximum atomic E-state index is 10.7. The highest BCUT2D eigenvalue weighted by Crippen LogP contribution is 2.24. The second-order valence-corrected chi connectivity index (χ2v) is 6.48. The number of thiophene rings is 1. The first-order valence-electron chi connectivity index (χ1n) is 7.82. The molecule has 0 fully saturated rings. The average Bonchev–Trinajstić information content (AvgIpc) is 2.88. The minimum Gasteiger partial charge on any atom is -0.297 e. The summed E-state index contributed by atoms with van der Waals surface area (Å²) in [6, 6.07) is 2.07. The maximum Gasteiger partial charge on any atom is 0.160 e. The highest BCUT2D eigenvalue weighted by atomic mass is 32.1. The van der Waals surface area contributed by atoms with Crippen LogP contribution in [0, 0.1) is 5.92 Å². The van der Waals surface area contributed by atoms with Crippen molar-refractivity contribution < 1.29 is 4.79 Å². The lowest BCUT2D eigenvalue weighted by atomic mass is 9.90. The number of carbonyl (C=O) groups is 1. The zero-order chi connectivity index (χ0) is 13.9. The number of rotatable bonds is 11. The van der Waals surface area contributed by atoms with Crippen LogP contribution in [0.4, 0.5) is 0 Å². The highest BCUT2D eigenvalue weighted by Gasteiger charge is 2.10. The third-order valence-electron chi connectivity index (χ3n) is 3.75. The van der Waals surface area contributed by atoms with E-state index in [1.54, 1.807) is 11.3 Å². The summed E-state index contributed by atoms with van der Waals surface area (Å²) in [6.45, 7) is 4.53. The molecule has 0 aliphatic carbocycles. The van der Waals surface area contributed by atoms with E-state index in [2.05, 4.69) is 25.3 Å². The van der Waals surface area contributed by atoms with Gasteiger partial charge in [0.15, 0.2) is 6.29 Å². The van der Waals surface area contributed by atoms with Gasteiger partial charge in [-0.25, -0.2) is 0 Å². The van der Waals surface area contributed by atoms with Gasteiger partial charge in [-0.05, 0) is 29.3 Å². The smallest absolute Gasteiger partial charge is 0.160 e. The van der Waals surface area contributed by atoms with Gasteiger partial charge in [-0.1, -0.05) is 65.2 Å². The lowest BCUT2D eigenvalue weighted by molar-refractivity contribution is 0.112. The molecular formula is C17H28OS. The van der Waals surface area contributed by atoms with Gasteiger partial charge in [-0.3, -0.25) is 4.79 Å². The molecule has 0 amide bonds. The third-order valence-corrected chi connectivity index (χ3v) is 4.65. The first kappa shape index (κ1) is 16.4. The van der Waals surface area contributed by atoms with Crippen molar-refractivity contribution >= 4 is 17.6 Å². The van der Waals surface area contributed by atoms with E-state index in [0.717, 1.165) is 23.5 Å². The summed E-state index contributed by atoms with van der Waals surface area (Å²) < 4.78 is 0. The Hall–Kier alpha value is -0.630. The fourth-order valence-electron chi connectivity index (χ4n) is 2.60. The zero-order valence-corrected chi connectivity index (χ0v) is 13.3. The summed E-state index contributed by atoms with van der Waals surface area (Å²) in [5.74, 6) is 0.811. The average molecular weight is 280 g/mol. The number of hydrogen-bond donors (Lipinski definition) is 0. The molecule has 0 N–H and O–H groups in total. The van der Waals surface area contributed by atoms with Crippen molar-refractivity contribution in [3.05, 3.63) is 21.9 Å². The molecule has 2 heteroatoms. The van der Waals surface area contributed by atoms with Gasteiger partial charge >= 0.3 is 0 Å².